The van der Waals surface area contributed by atoms with Crippen LogP contribution in [0.4, 0.5) is 0 Å². The fraction of sp³-hybridized carbons (Fsp3) is 0.533. The van der Waals surface area contributed by atoms with Crippen molar-refractivity contribution in [2.24, 2.45) is 5.41 Å². The quantitative estimate of drug-likeness (QED) is 0.768. The van der Waals surface area contributed by atoms with Crippen molar-refractivity contribution in [1.29, 1.82) is 0 Å². The molecule has 1 aromatic rings. The summed E-state index contributed by atoms with van der Waals surface area (Å²) in [5.41, 5.74) is 0.740. The minimum atomic E-state index is -0.304. The topological polar surface area (TPSA) is 29.5 Å². The van der Waals surface area contributed by atoms with Crippen LogP contribution in [0.2, 0.25) is 0 Å². The number of ether oxygens (including phenoxy) is 1. The zero-order valence-electron chi connectivity index (χ0n) is 11.2. The van der Waals surface area contributed by atoms with Gasteiger partial charge >= 0.3 is 5.97 Å². The number of hydrogen-bond acceptors (Lipinski definition) is 3. The molecule has 3 nitrogen and oxygen atoms in total. The number of nitrogens with zero attached hydrogens (tertiary/aromatic N) is 1. The van der Waals surface area contributed by atoms with Crippen LogP contribution in [0.15, 0.2) is 30.3 Å². The Labute approximate surface area is 109 Å². The zero-order valence-corrected chi connectivity index (χ0v) is 11.2. The summed E-state index contributed by atoms with van der Waals surface area (Å²) in [6, 6.07) is 9.83. The maximum absolute atomic E-state index is 12.2. The number of carbonyl (C=O) groups is 1. The molecule has 0 amide bonds. The van der Waals surface area contributed by atoms with E-state index in [4.69, 9.17) is 4.74 Å². The highest BCUT2D eigenvalue weighted by Crippen LogP contribution is 2.32. The molecule has 0 bridgehead atoms. The summed E-state index contributed by atoms with van der Waals surface area (Å²) in [6.45, 7) is 4.34. The van der Waals surface area contributed by atoms with E-state index in [1.54, 1.807) is 0 Å². The molecule has 0 unspecified atom stereocenters. The van der Waals surface area contributed by atoms with Gasteiger partial charge in [0.1, 0.15) is 6.61 Å². The van der Waals surface area contributed by atoms with Crippen LogP contribution in [-0.2, 0) is 16.1 Å². The van der Waals surface area contributed by atoms with Gasteiger partial charge in [-0.15, -0.1) is 0 Å². The van der Waals surface area contributed by atoms with Crippen molar-refractivity contribution in [3.8, 4) is 0 Å². The van der Waals surface area contributed by atoms with Gasteiger partial charge in [-0.1, -0.05) is 30.3 Å². The average molecular weight is 247 g/mol. The third-order valence-corrected chi connectivity index (χ3v) is 3.80. The molecule has 1 aromatic carbocycles. The van der Waals surface area contributed by atoms with E-state index >= 15 is 0 Å². The zero-order chi connectivity index (χ0) is 13.0. The first kappa shape index (κ1) is 13.1. The average Bonchev–Trinajstić information content (AvgIpc) is 2.41. The third-order valence-electron chi connectivity index (χ3n) is 3.80. The molecule has 0 spiro atoms. The monoisotopic (exact) mass is 247 g/mol. The predicted molar refractivity (Wildman–Crippen MR) is 71.1 cm³/mol. The van der Waals surface area contributed by atoms with Crippen molar-refractivity contribution >= 4 is 5.97 Å². The van der Waals surface area contributed by atoms with Crippen molar-refractivity contribution < 1.29 is 9.53 Å². The maximum Gasteiger partial charge on any atom is 0.312 e. The summed E-state index contributed by atoms with van der Waals surface area (Å²) in [5.74, 6) is -0.0561. The molecular weight excluding hydrogens is 226 g/mol. The summed E-state index contributed by atoms with van der Waals surface area (Å²) >= 11 is 0. The summed E-state index contributed by atoms with van der Waals surface area (Å²) in [5, 5.41) is 0. The molecule has 0 aliphatic carbocycles. The van der Waals surface area contributed by atoms with Gasteiger partial charge in [0, 0.05) is 0 Å². The normalized spacial score (nSPS) is 19.4. The van der Waals surface area contributed by atoms with E-state index in [0.29, 0.717) is 6.61 Å². The van der Waals surface area contributed by atoms with E-state index in [1.807, 2.05) is 37.3 Å². The lowest BCUT2D eigenvalue weighted by atomic mass is 9.80. The SMILES string of the molecule is CN1CCC(C)(C(=O)OCc2ccccc2)CC1. The molecule has 0 atom stereocenters. The Morgan fingerprint density at radius 3 is 2.50 bits per heavy atom. The van der Waals surface area contributed by atoms with Crippen LogP contribution in [0.1, 0.15) is 25.3 Å². The van der Waals surface area contributed by atoms with Gasteiger partial charge in [-0.05, 0) is 45.5 Å². The Hall–Kier alpha value is -1.35. The Bertz CT molecular complexity index is 394. The number of benzene rings is 1. The second-order valence-electron chi connectivity index (χ2n) is 5.43. The van der Waals surface area contributed by atoms with Crippen molar-refractivity contribution in [2.45, 2.75) is 26.4 Å². The van der Waals surface area contributed by atoms with Crippen molar-refractivity contribution in [3.05, 3.63) is 35.9 Å². The minimum Gasteiger partial charge on any atom is -0.460 e. The Balaban J connectivity index is 1.88. The lowest BCUT2D eigenvalue weighted by Crippen LogP contribution is -2.41. The molecule has 1 aliphatic heterocycles. The molecule has 1 saturated heterocycles. The molecule has 1 heterocycles. The predicted octanol–water partition coefficient (Wildman–Crippen LogP) is 2.46. The third kappa shape index (κ3) is 3.10. The van der Waals surface area contributed by atoms with Gasteiger partial charge in [0.25, 0.3) is 0 Å². The molecule has 1 aliphatic rings. The number of piperidine rings is 1. The van der Waals surface area contributed by atoms with Crippen LogP contribution in [0.25, 0.3) is 0 Å². The first-order valence-electron chi connectivity index (χ1n) is 6.50. The van der Waals surface area contributed by atoms with Crippen LogP contribution in [0.5, 0.6) is 0 Å². The van der Waals surface area contributed by atoms with Crippen LogP contribution < -0.4 is 0 Å². The molecule has 2 rings (SSSR count). The standard InChI is InChI=1S/C15H21NO2/c1-15(8-10-16(2)11-9-15)14(17)18-12-13-6-4-3-5-7-13/h3-7H,8-12H2,1-2H3. The molecule has 98 valence electrons. The Morgan fingerprint density at radius 2 is 1.89 bits per heavy atom. The maximum atomic E-state index is 12.2. The molecule has 0 aromatic heterocycles. The highest BCUT2D eigenvalue weighted by Gasteiger charge is 2.37. The Morgan fingerprint density at radius 1 is 1.28 bits per heavy atom. The second-order valence-corrected chi connectivity index (χ2v) is 5.43. The number of hydrogen-bond donors (Lipinski definition) is 0. The van der Waals surface area contributed by atoms with Gasteiger partial charge in [0.05, 0.1) is 5.41 Å². The first-order chi connectivity index (χ1) is 8.60. The summed E-state index contributed by atoms with van der Waals surface area (Å²) in [7, 11) is 2.09. The smallest absolute Gasteiger partial charge is 0.312 e. The molecule has 3 heteroatoms. The van der Waals surface area contributed by atoms with Gasteiger partial charge in [0.2, 0.25) is 0 Å². The first-order valence-corrected chi connectivity index (χ1v) is 6.50. The highest BCUT2D eigenvalue weighted by atomic mass is 16.5. The van der Waals surface area contributed by atoms with E-state index in [9.17, 15) is 4.79 Å². The molecular formula is C15H21NO2. The molecule has 0 radical (unpaired) electrons. The highest BCUT2D eigenvalue weighted by molar-refractivity contribution is 5.76. The van der Waals surface area contributed by atoms with Crippen LogP contribution >= 0.6 is 0 Å². The lowest BCUT2D eigenvalue weighted by molar-refractivity contribution is -0.159. The Kier molecular flexibility index (Phi) is 4.02. The van der Waals surface area contributed by atoms with Gasteiger partial charge in [-0.2, -0.15) is 0 Å². The van der Waals surface area contributed by atoms with Crippen LogP contribution in [0, 0.1) is 5.41 Å². The molecule has 1 fully saturated rings. The summed E-state index contributed by atoms with van der Waals surface area (Å²) < 4.78 is 5.45. The molecule has 0 N–H and O–H groups in total. The molecule has 0 saturated carbocycles. The van der Waals surface area contributed by atoms with Gasteiger partial charge in [0.15, 0.2) is 0 Å². The van der Waals surface area contributed by atoms with E-state index in [2.05, 4.69) is 11.9 Å². The van der Waals surface area contributed by atoms with Crippen LogP contribution in [-0.4, -0.2) is 31.0 Å². The number of likely N-dealkylation sites (tertiary alicyclic amines) is 1. The van der Waals surface area contributed by atoms with E-state index in [-0.39, 0.29) is 11.4 Å². The van der Waals surface area contributed by atoms with Crippen molar-refractivity contribution in [1.82, 2.24) is 4.90 Å². The summed E-state index contributed by atoms with van der Waals surface area (Å²) in [6.07, 6.45) is 1.77. The van der Waals surface area contributed by atoms with E-state index in [1.165, 1.54) is 0 Å². The van der Waals surface area contributed by atoms with Gasteiger partial charge in [-0.3, -0.25) is 4.79 Å². The largest absolute Gasteiger partial charge is 0.460 e. The number of carbonyl (C=O) groups excluding carboxylic acids is 1. The fourth-order valence-electron chi connectivity index (χ4n) is 2.21. The number of esters is 1. The number of rotatable bonds is 3. The van der Waals surface area contributed by atoms with Crippen molar-refractivity contribution in [3.63, 3.8) is 0 Å². The van der Waals surface area contributed by atoms with Crippen molar-refractivity contribution in [2.75, 3.05) is 20.1 Å². The lowest BCUT2D eigenvalue weighted by Gasteiger charge is -2.35. The fourth-order valence-corrected chi connectivity index (χ4v) is 2.21. The van der Waals surface area contributed by atoms with Crippen LogP contribution in [0.3, 0.4) is 0 Å². The van der Waals surface area contributed by atoms with Gasteiger partial charge in [-0.25, -0.2) is 0 Å². The summed E-state index contributed by atoms with van der Waals surface area (Å²) in [4.78, 5) is 14.4. The second kappa shape index (κ2) is 5.53. The molecule has 18 heavy (non-hydrogen) atoms. The minimum absolute atomic E-state index is 0.0561. The van der Waals surface area contributed by atoms with E-state index in [0.717, 1.165) is 31.5 Å². The van der Waals surface area contributed by atoms with E-state index < -0.39 is 0 Å². The van der Waals surface area contributed by atoms with Gasteiger partial charge < -0.3 is 9.64 Å².